The molecule has 0 aromatic carbocycles. The predicted molar refractivity (Wildman–Crippen MR) is 48.5 cm³/mol. The average molecular weight is 206 g/mol. The Labute approximate surface area is 80.5 Å². The predicted octanol–water partition coefficient (Wildman–Crippen LogP) is 1.46. The summed E-state index contributed by atoms with van der Waals surface area (Å²) in [6.45, 7) is 0.828. The first-order valence-electron chi connectivity index (χ1n) is 3.84. The molecule has 1 atom stereocenters. The highest BCUT2D eigenvalue weighted by Gasteiger charge is 2.21. The van der Waals surface area contributed by atoms with Crippen LogP contribution in [0.2, 0.25) is 10.4 Å². The first-order chi connectivity index (χ1) is 5.68. The molecular formula is C7H9Cl2N3. The van der Waals surface area contributed by atoms with Crippen LogP contribution in [0, 0.1) is 0 Å². The van der Waals surface area contributed by atoms with Crippen molar-refractivity contribution in [1.29, 1.82) is 0 Å². The van der Waals surface area contributed by atoms with Crippen LogP contribution in [0.15, 0.2) is 0 Å². The lowest BCUT2D eigenvalue weighted by Gasteiger charge is -2.20. The van der Waals surface area contributed by atoms with Crippen LogP contribution in [0.4, 0.5) is 0 Å². The van der Waals surface area contributed by atoms with Crippen LogP contribution in [0.3, 0.4) is 0 Å². The van der Waals surface area contributed by atoms with Crippen molar-refractivity contribution in [3.05, 3.63) is 16.1 Å². The quantitative estimate of drug-likeness (QED) is 0.698. The molecule has 0 radical (unpaired) electrons. The van der Waals surface area contributed by atoms with Crippen molar-refractivity contribution in [2.24, 2.45) is 5.73 Å². The lowest BCUT2D eigenvalue weighted by molar-refractivity contribution is 0.472. The molecule has 1 aromatic heterocycles. The monoisotopic (exact) mass is 205 g/mol. The summed E-state index contributed by atoms with van der Waals surface area (Å²) in [7, 11) is 0. The van der Waals surface area contributed by atoms with E-state index in [2.05, 4.69) is 4.98 Å². The largest absolute Gasteiger partial charge is 0.327 e. The highest BCUT2D eigenvalue weighted by molar-refractivity contribution is 6.32. The smallest absolute Gasteiger partial charge is 0.204 e. The maximum Gasteiger partial charge on any atom is 0.204 e. The molecule has 1 aliphatic rings. The summed E-state index contributed by atoms with van der Waals surface area (Å²) in [5, 5.41) is 0.969. The molecule has 1 unspecified atom stereocenters. The zero-order valence-electron chi connectivity index (χ0n) is 6.43. The molecule has 12 heavy (non-hydrogen) atoms. The van der Waals surface area contributed by atoms with E-state index in [0.29, 0.717) is 10.4 Å². The van der Waals surface area contributed by atoms with E-state index in [0.717, 1.165) is 25.1 Å². The van der Waals surface area contributed by atoms with Crippen LogP contribution in [0.1, 0.15) is 12.1 Å². The second kappa shape index (κ2) is 2.91. The van der Waals surface area contributed by atoms with Gasteiger partial charge in [0.1, 0.15) is 0 Å². The fourth-order valence-electron chi connectivity index (χ4n) is 1.50. The maximum absolute atomic E-state index is 5.86. The van der Waals surface area contributed by atoms with Gasteiger partial charge in [-0.2, -0.15) is 0 Å². The third kappa shape index (κ3) is 1.22. The molecule has 2 N–H and O–H groups in total. The zero-order chi connectivity index (χ0) is 8.72. The van der Waals surface area contributed by atoms with Crippen molar-refractivity contribution < 1.29 is 0 Å². The molecule has 2 heterocycles. The molecule has 66 valence electrons. The van der Waals surface area contributed by atoms with E-state index in [4.69, 9.17) is 28.9 Å². The third-order valence-corrected chi connectivity index (χ3v) is 2.75. The minimum atomic E-state index is 0.197. The molecule has 3 nitrogen and oxygen atoms in total. The van der Waals surface area contributed by atoms with Crippen molar-refractivity contribution in [1.82, 2.24) is 9.55 Å². The average Bonchev–Trinajstić information content (AvgIpc) is 2.28. The van der Waals surface area contributed by atoms with Crippen molar-refractivity contribution in [3.8, 4) is 0 Å². The van der Waals surface area contributed by atoms with Crippen LogP contribution >= 0.6 is 23.2 Å². The van der Waals surface area contributed by atoms with Gasteiger partial charge in [0, 0.05) is 19.0 Å². The Kier molecular flexibility index (Phi) is 2.02. The van der Waals surface area contributed by atoms with Gasteiger partial charge in [-0.05, 0) is 18.0 Å². The van der Waals surface area contributed by atoms with Crippen LogP contribution in [-0.2, 0) is 13.0 Å². The summed E-state index contributed by atoms with van der Waals surface area (Å²) in [4.78, 5) is 3.97. The Hall–Kier alpha value is -0.250. The number of aromatic nitrogens is 2. The maximum atomic E-state index is 5.86. The lowest BCUT2D eigenvalue weighted by Crippen LogP contribution is -2.30. The van der Waals surface area contributed by atoms with Gasteiger partial charge in [-0.1, -0.05) is 11.6 Å². The van der Waals surface area contributed by atoms with E-state index in [1.165, 1.54) is 0 Å². The Bertz CT molecular complexity index is 308. The zero-order valence-corrected chi connectivity index (χ0v) is 7.94. The molecule has 0 spiro atoms. The van der Waals surface area contributed by atoms with Gasteiger partial charge in [0.25, 0.3) is 0 Å². The van der Waals surface area contributed by atoms with Gasteiger partial charge in [-0.15, -0.1) is 0 Å². The fraction of sp³-hybridized carbons (Fsp3) is 0.571. The molecule has 0 saturated heterocycles. The SMILES string of the molecule is NC1CCn2c(Cl)nc(Cl)c2C1. The van der Waals surface area contributed by atoms with E-state index in [1.807, 2.05) is 4.57 Å². The highest BCUT2D eigenvalue weighted by Crippen LogP contribution is 2.25. The number of fused-ring (bicyclic) bond motifs is 1. The topological polar surface area (TPSA) is 43.8 Å². The first-order valence-corrected chi connectivity index (χ1v) is 4.60. The van der Waals surface area contributed by atoms with Gasteiger partial charge in [0.15, 0.2) is 5.15 Å². The second-order valence-corrected chi connectivity index (χ2v) is 3.72. The van der Waals surface area contributed by atoms with Crippen molar-refractivity contribution in [2.45, 2.75) is 25.4 Å². The van der Waals surface area contributed by atoms with Crippen LogP contribution in [-0.4, -0.2) is 15.6 Å². The molecular weight excluding hydrogens is 197 g/mol. The van der Waals surface area contributed by atoms with E-state index in [9.17, 15) is 0 Å². The van der Waals surface area contributed by atoms with Crippen LogP contribution in [0.5, 0.6) is 0 Å². The molecule has 1 aromatic rings. The number of rotatable bonds is 0. The molecule has 0 aliphatic carbocycles. The molecule has 5 heteroatoms. The molecule has 0 saturated carbocycles. The van der Waals surface area contributed by atoms with E-state index in [-0.39, 0.29) is 6.04 Å². The number of imidazole rings is 1. The number of nitrogens with two attached hydrogens (primary N) is 1. The molecule has 0 bridgehead atoms. The summed E-state index contributed by atoms with van der Waals surface area (Å²) >= 11 is 11.7. The summed E-state index contributed by atoms with van der Waals surface area (Å²) in [5.74, 6) is 0. The molecule has 1 aliphatic heterocycles. The van der Waals surface area contributed by atoms with Gasteiger partial charge in [-0.25, -0.2) is 4.98 Å². The van der Waals surface area contributed by atoms with Gasteiger partial charge < -0.3 is 10.3 Å². The molecule has 0 fully saturated rings. The Morgan fingerprint density at radius 2 is 2.25 bits per heavy atom. The number of halogens is 2. The number of hydrogen-bond acceptors (Lipinski definition) is 2. The fourth-order valence-corrected chi connectivity index (χ4v) is 2.07. The van der Waals surface area contributed by atoms with Crippen molar-refractivity contribution >= 4 is 23.2 Å². The molecule has 0 amide bonds. The van der Waals surface area contributed by atoms with E-state index in [1.54, 1.807) is 0 Å². The normalized spacial score (nSPS) is 22.4. The van der Waals surface area contributed by atoms with E-state index >= 15 is 0 Å². The van der Waals surface area contributed by atoms with Gasteiger partial charge in [0.05, 0.1) is 5.69 Å². The minimum Gasteiger partial charge on any atom is -0.327 e. The lowest BCUT2D eigenvalue weighted by atomic mass is 10.1. The van der Waals surface area contributed by atoms with Crippen molar-refractivity contribution in [3.63, 3.8) is 0 Å². The Balaban J connectivity index is 2.45. The van der Waals surface area contributed by atoms with Crippen LogP contribution in [0.25, 0.3) is 0 Å². The first kappa shape index (κ1) is 8.35. The summed E-state index contributed by atoms with van der Waals surface area (Å²) < 4.78 is 1.92. The number of nitrogens with zero attached hydrogens (tertiary/aromatic N) is 2. The van der Waals surface area contributed by atoms with E-state index < -0.39 is 0 Å². The summed E-state index contributed by atoms with van der Waals surface area (Å²) in [6, 6.07) is 0.197. The van der Waals surface area contributed by atoms with Crippen molar-refractivity contribution in [2.75, 3.05) is 0 Å². The standard InChI is InChI=1S/C7H9Cl2N3/c8-6-5-3-4(10)1-2-12(5)7(9)11-6/h4H,1-3,10H2. The second-order valence-electron chi connectivity index (χ2n) is 3.02. The van der Waals surface area contributed by atoms with Gasteiger partial charge in [-0.3, -0.25) is 0 Å². The third-order valence-electron chi connectivity index (χ3n) is 2.16. The minimum absolute atomic E-state index is 0.197. The Morgan fingerprint density at radius 3 is 3.00 bits per heavy atom. The summed E-state index contributed by atoms with van der Waals surface area (Å²) in [5.41, 5.74) is 6.76. The molecule has 2 rings (SSSR count). The number of hydrogen-bond donors (Lipinski definition) is 1. The highest BCUT2D eigenvalue weighted by atomic mass is 35.5. The van der Waals surface area contributed by atoms with Crippen LogP contribution < -0.4 is 5.73 Å². The summed E-state index contributed by atoms with van der Waals surface area (Å²) in [6.07, 6.45) is 1.72. The van der Waals surface area contributed by atoms with Gasteiger partial charge in [0.2, 0.25) is 5.28 Å². The van der Waals surface area contributed by atoms with Gasteiger partial charge >= 0.3 is 0 Å². The Morgan fingerprint density at radius 1 is 1.50 bits per heavy atom.